The fourth-order valence-electron chi connectivity index (χ4n) is 3.15. The predicted molar refractivity (Wildman–Crippen MR) is 102 cm³/mol. The van der Waals surface area contributed by atoms with Gasteiger partial charge in [0.2, 0.25) is 10.0 Å². The molecule has 0 N–H and O–H groups in total. The van der Waals surface area contributed by atoms with Crippen molar-refractivity contribution in [2.75, 3.05) is 26.3 Å². The Morgan fingerprint density at radius 3 is 2.54 bits per heavy atom. The average Bonchev–Trinajstić information content (AvgIpc) is 3.22. The van der Waals surface area contributed by atoms with E-state index >= 15 is 0 Å². The largest absolute Gasteiger partial charge is 0.494 e. The molecule has 0 amide bonds. The minimum absolute atomic E-state index is 0.233. The molecule has 2 aromatic rings. The number of sulfonamides is 1. The molecule has 1 fully saturated rings. The monoisotopic (exact) mass is 407 g/mol. The zero-order valence-corrected chi connectivity index (χ0v) is 16.7. The van der Waals surface area contributed by atoms with E-state index in [-0.39, 0.29) is 23.4 Å². The van der Waals surface area contributed by atoms with E-state index in [4.69, 9.17) is 9.47 Å². The maximum atomic E-state index is 12.8. The first kappa shape index (κ1) is 20.3. The molecular formula is C19H25N3O5S. The number of nitrogens with zero attached hydrogens (tertiary/aromatic N) is 3. The van der Waals surface area contributed by atoms with Gasteiger partial charge >= 0.3 is 5.97 Å². The van der Waals surface area contributed by atoms with Crippen LogP contribution in [0.3, 0.4) is 0 Å². The second kappa shape index (κ2) is 9.20. The number of esters is 1. The molecular weight excluding hydrogens is 382 g/mol. The van der Waals surface area contributed by atoms with Crippen molar-refractivity contribution in [3.63, 3.8) is 0 Å². The van der Waals surface area contributed by atoms with Crippen molar-refractivity contribution in [2.24, 2.45) is 5.92 Å². The van der Waals surface area contributed by atoms with Crippen LogP contribution in [0.15, 0.2) is 47.6 Å². The van der Waals surface area contributed by atoms with E-state index in [0.29, 0.717) is 44.8 Å². The summed E-state index contributed by atoms with van der Waals surface area (Å²) in [5, 5.41) is 4.05. The number of piperidine rings is 1. The van der Waals surface area contributed by atoms with Crippen molar-refractivity contribution >= 4 is 16.0 Å². The SMILES string of the molecule is CCOc1ccc(S(=O)(=O)N2CCC(C(=O)OCCn3cccn3)CC2)cc1. The number of hydrogen-bond acceptors (Lipinski definition) is 6. The van der Waals surface area contributed by atoms with E-state index in [1.165, 1.54) is 4.31 Å². The van der Waals surface area contributed by atoms with Crippen LogP contribution in [0, 0.1) is 5.92 Å². The minimum atomic E-state index is -3.58. The van der Waals surface area contributed by atoms with Gasteiger partial charge in [-0.05, 0) is 50.1 Å². The third kappa shape index (κ3) is 4.90. The second-order valence-corrected chi connectivity index (χ2v) is 8.46. The van der Waals surface area contributed by atoms with Gasteiger partial charge in [0.25, 0.3) is 0 Å². The van der Waals surface area contributed by atoms with Gasteiger partial charge in [-0.25, -0.2) is 8.42 Å². The summed E-state index contributed by atoms with van der Waals surface area (Å²) >= 11 is 0. The zero-order chi connectivity index (χ0) is 20.0. The number of benzene rings is 1. The highest BCUT2D eigenvalue weighted by atomic mass is 32.2. The van der Waals surface area contributed by atoms with E-state index < -0.39 is 10.0 Å². The van der Waals surface area contributed by atoms with Gasteiger partial charge in [-0.2, -0.15) is 9.40 Å². The molecule has 152 valence electrons. The lowest BCUT2D eigenvalue weighted by atomic mass is 9.98. The number of hydrogen-bond donors (Lipinski definition) is 0. The Morgan fingerprint density at radius 1 is 1.21 bits per heavy atom. The quantitative estimate of drug-likeness (QED) is 0.621. The van der Waals surface area contributed by atoms with Gasteiger partial charge in [0, 0.05) is 25.5 Å². The molecule has 3 rings (SSSR count). The Labute approximate surface area is 165 Å². The fourth-order valence-corrected chi connectivity index (χ4v) is 4.62. The molecule has 1 saturated heterocycles. The van der Waals surface area contributed by atoms with Crippen LogP contribution < -0.4 is 4.74 Å². The van der Waals surface area contributed by atoms with Gasteiger partial charge in [-0.15, -0.1) is 0 Å². The van der Waals surface area contributed by atoms with Crippen LogP contribution in [-0.2, 0) is 26.1 Å². The first-order chi connectivity index (χ1) is 13.5. The van der Waals surface area contributed by atoms with Crippen LogP contribution >= 0.6 is 0 Å². The molecule has 2 heterocycles. The van der Waals surface area contributed by atoms with Crippen molar-refractivity contribution in [2.45, 2.75) is 31.2 Å². The van der Waals surface area contributed by atoms with Crippen molar-refractivity contribution in [3.8, 4) is 5.75 Å². The van der Waals surface area contributed by atoms with Gasteiger partial charge in [0.15, 0.2) is 0 Å². The van der Waals surface area contributed by atoms with Crippen molar-refractivity contribution in [3.05, 3.63) is 42.7 Å². The van der Waals surface area contributed by atoms with Gasteiger partial charge < -0.3 is 9.47 Å². The molecule has 0 unspecified atom stereocenters. The van der Waals surface area contributed by atoms with Crippen LogP contribution in [-0.4, -0.2) is 54.8 Å². The number of carbonyl (C=O) groups is 1. The maximum absolute atomic E-state index is 12.8. The minimum Gasteiger partial charge on any atom is -0.494 e. The first-order valence-electron chi connectivity index (χ1n) is 9.38. The predicted octanol–water partition coefficient (Wildman–Crippen LogP) is 1.93. The Kier molecular flexibility index (Phi) is 6.69. The molecule has 1 aliphatic heterocycles. The molecule has 8 nitrogen and oxygen atoms in total. The normalized spacial score (nSPS) is 16.0. The first-order valence-corrected chi connectivity index (χ1v) is 10.8. The van der Waals surface area contributed by atoms with E-state index in [1.54, 1.807) is 41.3 Å². The third-order valence-corrected chi connectivity index (χ3v) is 6.60. The highest BCUT2D eigenvalue weighted by molar-refractivity contribution is 7.89. The van der Waals surface area contributed by atoms with Gasteiger partial charge in [0.1, 0.15) is 12.4 Å². The zero-order valence-electron chi connectivity index (χ0n) is 15.9. The van der Waals surface area contributed by atoms with Crippen LogP contribution in [0.25, 0.3) is 0 Å². The van der Waals surface area contributed by atoms with Crippen LogP contribution in [0.1, 0.15) is 19.8 Å². The Bertz CT molecular complexity index is 857. The summed E-state index contributed by atoms with van der Waals surface area (Å²) < 4.78 is 39.4. The molecule has 1 aliphatic rings. The highest BCUT2D eigenvalue weighted by Crippen LogP contribution is 2.25. The molecule has 0 atom stereocenters. The Hall–Kier alpha value is -2.39. The Morgan fingerprint density at radius 2 is 1.93 bits per heavy atom. The smallest absolute Gasteiger partial charge is 0.309 e. The van der Waals surface area contributed by atoms with E-state index in [9.17, 15) is 13.2 Å². The summed E-state index contributed by atoms with van der Waals surface area (Å²) in [5.74, 6) is 0.0905. The number of ether oxygens (including phenoxy) is 2. The highest BCUT2D eigenvalue weighted by Gasteiger charge is 2.32. The van der Waals surface area contributed by atoms with Crippen molar-refractivity contribution < 1.29 is 22.7 Å². The van der Waals surface area contributed by atoms with Crippen molar-refractivity contribution in [1.29, 1.82) is 0 Å². The lowest BCUT2D eigenvalue weighted by Crippen LogP contribution is -2.40. The van der Waals surface area contributed by atoms with E-state index in [0.717, 1.165) is 0 Å². The molecule has 28 heavy (non-hydrogen) atoms. The topological polar surface area (TPSA) is 90.7 Å². The Balaban J connectivity index is 1.50. The van der Waals surface area contributed by atoms with Gasteiger partial charge in [0.05, 0.1) is 24.0 Å². The molecule has 1 aromatic heterocycles. The summed E-state index contributed by atoms with van der Waals surface area (Å²) in [6.07, 6.45) is 4.38. The fraction of sp³-hybridized carbons (Fsp3) is 0.474. The van der Waals surface area contributed by atoms with Gasteiger partial charge in [-0.3, -0.25) is 9.48 Å². The number of aromatic nitrogens is 2. The third-order valence-electron chi connectivity index (χ3n) is 4.68. The standard InChI is InChI=1S/C19H25N3O5S/c1-2-26-17-4-6-18(7-5-17)28(24,25)22-12-8-16(9-13-22)19(23)27-15-14-21-11-3-10-20-21/h3-7,10-11,16H,2,8-9,12-15H2,1H3. The molecule has 0 saturated carbocycles. The van der Waals surface area contributed by atoms with E-state index in [1.807, 2.05) is 13.0 Å². The summed E-state index contributed by atoms with van der Waals surface area (Å²) in [4.78, 5) is 12.5. The van der Waals surface area contributed by atoms with Crippen LogP contribution in [0.2, 0.25) is 0 Å². The lowest BCUT2D eigenvalue weighted by molar-refractivity contribution is -0.150. The summed E-state index contributed by atoms with van der Waals surface area (Å²) in [6, 6.07) is 8.22. The van der Waals surface area contributed by atoms with Crippen LogP contribution in [0.5, 0.6) is 5.75 Å². The maximum Gasteiger partial charge on any atom is 0.309 e. The summed E-state index contributed by atoms with van der Waals surface area (Å²) in [7, 11) is -3.58. The molecule has 1 aromatic carbocycles. The van der Waals surface area contributed by atoms with Gasteiger partial charge in [-0.1, -0.05) is 0 Å². The molecule has 0 aliphatic carbocycles. The summed E-state index contributed by atoms with van der Waals surface area (Å²) in [6.45, 7) is 3.76. The number of carbonyl (C=O) groups excluding carboxylic acids is 1. The van der Waals surface area contributed by atoms with Crippen molar-refractivity contribution in [1.82, 2.24) is 14.1 Å². The van der Waals surface area contributed by atoms with Crippen LogP contribution in [0.4, 0.5) is 0 Å². The number of rotatable bonds is 8. The van der Waals surface area contributed by atoms with E-state index in [2.05, 4.69) is 5.10 Å². The lowest BCUT2D eigenvalue weighted by Gasteiger charge is -2.30. The second-order valence-electron chi connectivity index (χ2n) is 6.52. The molecule has 0 radical (unpaired) electrons. The molecule has 0 bridgehead atoms. The summed E-state index contributed by atoms with van der Waals surface area (Å²) in [5.41, 5.74) is 0. The average molecular weight is 407 g/mol. The molecule has 9 heteroatoms. The molecule has 0 spiro atoms.